The number of anilines is 1. The first-order valence-electron chi connectivity index (χ1n) is 9.41. The molecule has 2 aromatic heterocycles. The molecule has 1 aliphatic heterocycles. The van der Waals surface area contributed by atoms with Gasteiger partial charge in [-0.2, -0.15) is 5.10 Å². The van der Waals surface area contributed by atoms with Gasteiger partial charge in [0.05, 0.1) is 10.2 Å². The first-order valence-corrected chi connectivity index (χ1v) is 10.2. The van der Waals surface area contributed by atoms with Crippen molar-refractivity contribution in [3.63, 3.8) is 0 Å². The van der Waals surface area contributed by atoms with Crippen LogP contribution in [0.1, 0.15) is 67.2 Å². The fourth-order valence-corrected chi connectivity index (χ4v) is 3.95. The first-order chi connectivity index (χ1) is 12.8. The van der Waals surface area contributed by atoms with Gasteiger partial charge in [0.1, 0.15) is 11.6 Å². The van der Waals surface area contributed by atoms with Crippen LogP contribution < -0.4 is 4.90 Å². The van der Waals surface area contributed by atoms with Crippen molar-refractivity contribution >= 4 is 27.7 Å². The van der Waals surface area contributed by atoms with E-state index in [1.165, 1.54) is 0 Å². The third-order valence-electron chi connectivity index (χ3n) is 4.78. The Morgan fingerprint density at radius 1 is 1.11 bits per heavy atom. The molecule has 0 bridgehead atoms. The van der Waals surface area contributed by atoms with Crippen LogP contribution in [0.4, 0.5) is 5.82 Å². The minimum absolute atomic E-state index is 0.0357. The van der Waals surface area contributed by atoms with Crippen LogP contribution in [0.3, 0.4) is 0 Å². The normalized spacial score (nSPS) is 15.1. The molecule has 3 rings (SSSR count). The molecule has 0 aliphatic carbocycles. The monoisotopic (exact) mass is 434 g/mol. The van der Waals surface area contributed by atoms with E-state index < -0.39 is 0 Å². The maximum atomic E-state index is 12.9. The fraction of sp³-hybridized carbons (Fsp3) is 0.579. The van der Waals surface area contributed by atoms with Gasteiger partial charge < -0.3 is 9.80 Å². The van der Waals surface area contributed by atoms with Crippen molar-refractivity contribution < 1.29 is 4.79 Å². The van der Waals surface area contributed by atoms with Gasteiger partial charge in [-0.25, -0.2) is 9.97 Å². The predicted octanol–water partition coefficient (Wildman–Crippen LogP) is 3.48. The lowest BCUT2D eigenvalue weighted by atomic mass is 10.1. The zero-order valence-electron chi connectivity index (χ0n) is 16.6. The van der Waals surface area contributed by atoms with E-state index in [-0.39, 0.29) is 11.8 Å². The summed E-state index contributed by atoms with van der Waals surface area (Å²) in [5.41, 5.74) is 2.39. The lowest BCUT2D eigenvalue weighted by Crippen LogP contribution is -2.49. The van der Waals surface area contributed by atoms with Crippen molar-refractivity contribution in [3.05, 3.63) is 33.4 Å². The van der Waals surface area contributed by atoms with Gasteiger partial charge in [0.25, 0.3) is 5.91 Å². The van der Waals surface area contributed by atoms with Crippen molar-refractivity contribution in [2.75, 3.05) is 31.1 Å². The number of carbonyl (C=O) groups is 1. The maximum Gasteiger partial charge on any atom is 0.275 e. The highest BCUT2D eigenvalue weighted by molar-refractivity contribution is 9.10. The van der Waals surface area contributed by atoms with E-state index in [2.05, 4.69) is 63.7 Å². The SMILES string of the molecule is Cc1cc(N2CCN(C(=O)c3n[nH]c(C(C)C)c3Br)CC2)nc(C(C)C)n1. The second-order valence-corrected chi connectivity index (χ2v) is 8.41. The zero-order valence-corrected chi connectivity index (χ0v) is 18.2. The van der Waals surface area contributed by atoms with E-state index in [4.69, 9.17) is 4.98 Å². The van der Waals surface area contributed by atoms with E-state index in [1.54, 1.807) is 0 Å². The maximum absolute atomic E-state index is 12.9. The molecule has 1 amide bonds. The van der Waals surface area contributed by atoms with Crippen molar-refractivity contribution in [1.82, 2.24) is 25.1 Å². The second-order valence-electron chi connectivity index (χ2n) is 7.61. The molecule has 2 aromatic rings. The van der Waals surface area contributed by atoms with E-state index in [9.17, 15) is 4.79 Å². The van der Waals surface area contributed by atoms with Crippen LogP contribution in [0.2, 0.25) is 0 Å². The van der Waals surface area contributed by atoms with Gasteiger partial charge in [-0.05, 0) is 28.8 Å². The van der Waals surface area contributed by atoms with Gasteiger partial charge in [0.2, 0.25) is 0 Å². The number of rotatable bonds is 4. The molecule has 0 atom stereocenters. The van der Waals surface area contributed by atoms with Crippen molar-refractivity contribution in [3.8, 4) is 0 Å². The summed E-state index contributed by atoms with van der Waals surface area (Å²) < 4.78 is 0.776. The van der Waals surface area contributed by atoms with Gasteiger partial charge in [-0.15, -0.1) is 0 Å². The number of piperazine rings is 1. The highest BCUT2D eigenvalue weighted by Crippen LogP contribution is 2.27. The molecule has 0 radical (unpaired) electrons. The van der Waals surface area contributed by atoms with Crippen molar-refractivity contribution in [2.24, 2.45) is 0 Å². The molecule has 0 aromatic carbocycles. The van der Waals surface area contributed by atoms with Gasteiger partial charge in [0, 0.05) is 43.9 Å². The summed E-state index contributed by atoms with van der Waals surface area (Å²) in [7, 11) is 0. The topological polar surface area (TPSA) is 78.0 Å². The third-order valence-corrected chi connectivity index (χ3v) is 5.58. The number of hydrogen-bond acceptors (Lipinski definition) is 5. The Morgan fingerprint density at radius 3 is 2.33 bits per heavy atom. The number of nitrogens with zero attached hydrogens (tertiary/aromatic N) is 5. The van der Waals surface area contributed by atoms with Crippen LogP contribution in [0, 0.1) is 6.92 Å². The Hall–Kier alpha value is -1.96. The Morgan fingerprint density at radius 2 is 1.78 bits per heavy atom. The van der Waals surface area contributed by atoms with Crippen LogP contribution in [0.25, 0.3) is 0 Å². The molecule has 1 fully saturated rings. The van der Waals surface area contributed by atoms with Crippen LogP contribution >= 0.6 is 15.9 Å². The fourth-order valence-electron chi connectivity index (χ4n) is 3.15. The molecule has 1 saturated heterocycles. The molecule has 3 heterocycles. The number of nitrogens with one attached hydrogen (secondary N) is 1. The number of aryl methyl sites for hydroxylation is 1. The van der Waals surface area contributed by atoms with Gasteiger partial charge >= 0.3 is 0 Å². The van der Waals surface area contributed by atoms with Crippen LogP contribution in [0.5, 0.6) is 0 Å². The van der Waals surface area contributed by atoms with E-state index in [1.807, 2.05) is 17.9 Å². The van der Waals surface area contributed by atoms with Crippen molar-refractivity contribution in [2.45, 2.75) is 46.5 Å². The molecule has 0 unspecified atom stereocenters. The highest BCUT2D eigenvalue weighted by Gasteiger charge is 2.27. The molecule has 0 spiro atoms. The Balaban J connectivity index is 1.70. The van der Waals surface area contributed by atoms with E-state index in [0.717, 1.165) is 40.6 Å². The molecule has 146 valence electrons. The smallest absolute Gasteiger partial charge is 0.275 e. The van der Waals surface area contributed by atoms with Crippen molar-refractivity contribution in [1.29, 1.82) is 0 Å². The quantitative estimate of drug-likeness (QED) is 0.796. The number of hydrogen-bond donors (Lipinski definition) is 1. The summed E-state index contributed by atoms with van der Waals surface area (Å²) in [6, 6.07) is 2.02. The minimum atomic E-state index is -0.0357. The zero-order chi connectivity index (χ0) is 19.7. The summed E-state index contributed by atoms with van der Waals surface area (Å²) in [4.78, 5) is 26.2. The summed E-state index contributed by atoms with van der Waals surface area (Å²) >= 11 is 3.53. The second kappa shape index (κ2) is 7.96. The number of halogens is 1. The molecular weight excluding hydrogens is 408 g/mol. The molecule has 0 saturated carbocycles. The molecule has 7 nitrogen and oxygen atoms in total. The van der Waals surface area contributed by atoms with Gasteiger partial charge in [-0.1, -0.05) is 27.7 Å². The lowest BCUT2D eigenvalue weighted by Gasteiger charge is -2.35. The molecule has 1 aliphatic rings. The Kier molecular flexibility index (Phi) is 5.83. The summed E-state index contributed by atoms with van der Waals surface area (Å²) in [5, 5.41) is 7.21. The summed E-state index contributed by atoms with van der Waals surface area (Å²) in [6.07, 6.45) is 0. The van der Waals surface area contributed by atoms with Gasteiger partial charge in [-0.3, -0.25) is 9.89 Å². The number of aromatic amines is 1. The lowest BCUT2D eigenvalue weighted by molar-refractivity contribution is 0.0739. The average molecular weight is 435 g/mol. The number of H-pyrrole nitrogens is 1. The third kappa shape index (κ3) is 4.15. The number of carbonyl (C=O) groups excluding carboxylic acids is 1. The average Bonchev–Trinajstić information content (AvgIpc) is 3.02. The van der Waals surface area contributed by atoms with E-state index >= 15 is 0 Å². The largest absolute Gasteiger partial charge is 0.353 e. The molecule has 27 heavy (non-hydrogen) atoms. The van der Waals surface area contributed by atoms with E-state index in [0.29, 0.717) is 24.7 Å². The standard InChI is InChI=1S/C19H27BrN6O/c1-11(2)16-15(20)17(24-23-16)19(27)26-8-6-25(7-9-26)14-10-13(5)21-18(22-14)12(3)4/h10-12H,6-9H2,1-5H3,(H,23,24). The Labute approximate surface area is 168 Å². The van der Waals surface area contributed by atoms with Crippen LogP contribution in [0.15, 0.2) is 10.5 Å². The summed E-state index contributed by atoms with van der Waals surface area (Å²) in [5.74, 6) is 2.35. The molecule has 1 N–H and O–H groups in total. The predicted molar refractivity (Wildman–Crippen MR) is 109 cm³/mol. The van der Waals surface area contributed by atoms with Crippen LogP contribution in [-0.4, -0.2) is 57.2 Å². The molecule has 8 heteroatoms. The number of amides is 1. The highest BCUT2D eigenvalue weighted by atomic mass is 79.9. The van der Waals surface area contributed by atoms with Crippen LogP contribution in [-0.2, 0) is 0 Å². The summed E-state index contributed by atoms with van der Waals surface area (Å²) in [6.45, 7) is 13.1. The minimum Gasteiger partial charge on any atom is -0.353 e. The first kappa shape index (κ1) is 19.8. The Bertz CT molecular complexity index is 824. The molecular formula is C19H27BrN6O. The van der Waals surface area contributed by atoms with Gasteiger partial charge in [0.15, 0.2) is 5.69 Å². The number of aromatic nitrogens is 4.